The van der Waals surface area contributed by atoms with Crippen LogP contribution in [0.3, 0.4) is 0 Å². The predicted molar refractivity (Wildman–Crippen MR) is 74.7 cm³/mol. The zero-order chi connectivity index (χ0) is 13.6. The Morgan fingerprint density at radius 1 is 1.33 bits per heavy atom. The lowest BCUT2D eigenvalue weighted by Crippen LogP contribution is -2.34. The first-order valence-corrected chi connectivity index (χ1v) is 6.20. The minimum absolute atomic E-state index is 0.277. The first-order chi connectivity index (χ1) is 8.45. The van der Waals surface area contributed by atoms with Crippen LogP contribution in [0.15, 0.2) is 29.4 Å². The summed E-state index contributed by atoms with van der Waals surface area (Å²) in [6.07, 6.45) is 0.828. The van der Waals surface area contributed by atoms with Gasteiger partial charge in [-0.1, -0.05) is 48.8 Å². The fraction of sp³-hybridized carbons (Fsp3) is 0.500. The third-order valence-electron chi connectivity index (χ3n) is 3.18. The topological polar surface area (TPSA) is 70.6 Å². The second kappa shape index (κ2) is 6.40. The molecule has 0 aliphatic heterocycles. The molecule has 0 heterocycles. The number of nitrogens with two attached hydrogens (primary N) is 1. The molecule has 0 aromatic heterocycles. The minimum atomic E-state index is -0.283. The zero-order valence-corrected chi connectivity index (χ0v) is 11.4. The Morgan fingerprint density at radius 2 is 1.94 bits per heavy atom. The Balaban J connectivity index is 2.33. The second-order valence-electron chi connectivity index (χ2n) is 5.28. The van der Waals surface area contributed by atoms with Crippen LogP contribution in [-0.2, 0) is 6.54 Å². The normalized spacial score (nSPS) is 12.7. The summed E-state index contributed by atoms with van der Waals surface area (Å²) in [4.78, 5) is 0. The lowest BCUT2D eigenvalue weighted by Gasteiger charge is -2.22. The maximum absolute atomic E-state index is 8.67. The number of aryl methyl sites for hydroxylation is 1. The van der Waals surface area contributed by atoms with Crippen LogP contribution in [0.5, 0.6) is 0 Å². The van der Waals surface area contributed by atoms with Gasteiger partial charge in [0.05, 0.1) is 0 Å². The van der Waals surface area contributed by atoms with E-state index in [1.807, 2.05) is 13.8 Å². The lowest BCUT2D eigenvalue weighted by molar-refractivity contribution is 0.305. The molecule has 18 heavy (non-hydrogen) atoms. The summed E-state index contributed by atoms with van der Waals surface area (Å²) in [6.45, 7) is 7.69. The van der Waals surface area contributed by atoms with Crippen molar-refractivity contribution in [3.05, 3.63) is 35.4 Å². The summed E-state index contributed by atoms with van der Waals surface area (Å²) < 4.78 is 0. The molecule has 4 heteroatoms. The Labute approximate surface area is 109 Å². The molecule has 0 saturated carbocycles. The van der Waals surface area contributed by atoms with Crippen LogP contribution in [0.4, 0.5) is 0 Å². The maximum atomic E-state index is 8.67. The van der Waals surface area contributed by atoms with E-state index < -0.39 is 0 Å². The average Bonchev–Trinajstić information content (AvgIpc) is 2.35. The third kappa shape index (κ3) is 4.37. The number of amidine groups is 1. The lowest BCUT2D eigenvalue weighted by atomic mass is 9.88. The summed E-state index contributed by atoms with van der Waals surface area (Å²) >= 11 is 0. The van der Waals surface area contributed by atoms with Crippen molar-refractivity contribution in [1.82, 2.24) is 5.32 Å². The molecule has 0 amide bonds. The molecule has 0 aliphatic carbocycles. The highest BCUT2D eigenvalue weighted by Crippen LogP contribution is 2.19. The SMILES string of the molecule is Cc1ccc(CNCCC(C)(C)C(N)=NO)cc1. The van der Waals surface area contributed by atoms with Crippen molar-refractivity contribution in [3.8, 4) is 0 Å². The standard InChI is InChI=1S/C14H23N3O/c1-11-4-6-12(7-5-11)10-16-9-8-14(2,3)13(15)17-18/h4-7,16,18H,8-10H2,1-3H3,(H2,15,17). The molecule has 0 saturated heterocycles. The highest BCUT2D eigenvalue weighted by molar-refractivity contribution is 5.85. The van der Waals surface area contributed by atoms with Gasteiger partial charge in [-0.15, -0.1) is 0 Å². The van der Waals surface area contributed by atoms with Crippen LogP contribution in [0.1, 0.15) is 31.4 Å². The van der Waals surface area contributed by atoms with Crippen molar-refractivity contribution in [2.45, 2.75) is 33.7 Å². The van der Waals surface area contributed by atoms with E-state index in [9.17, 15) is 0 Å². The van der Waals surface area contributed by atoms with E-state index in [4.69, 9.17) is 10.9 Å². The van der Waals surface area contributed by atoms with E-state index in [0.29, 0.717) is 0 Å². The highest BCUT2D eigenvalue weighted by atomic mass is 16.4. The first kappa shape index (κ1) is 14.5. The quantitative estimate of drug-likeness (QED) is 0.238. The smallest absolute Gasteiger partial charge is 0.144 e. The summed E-state index contributed by atoms with van der Waals surface area (Å²) in [6, 6.07) is 8.46. The average molecular weight is 249 g/mol. The van der Waals surface area contributed by atoms with Crippen molar-refractivity contribution in [1.29, 1.82) is 0 Å². The van der Waals surface area contributed by atoms with Gasteiger partial charge in [0.2, 0.25) is 0 Å². The number of nitrogens with one attached hydrogen (secondary N) is 1. The molecule has 1 rings (SSSR count). The number of benzene rings is 1. The number of hydrogen-bond donors (Lipinski definition) is 3. The van der Waals surface area contributed by atoms with Crippen molar-refractivity contribution in [3.63, 3.8) is 0 Å². The number of rotatable bonds is 6. The van der Waals surface area contributed by atoms with Gasteiger partial charge in [-0.05, 0) is 25.5 Å². The summed E-state index contributed by atoms with van der Waals surface area (Å²) in [7, 11) is 0. The van der Waals surface area contributed by atoms with Crippen LogP contribution in [0, 0.1) is 12.3 Å². The fourth-order valence-corrected chi connectivity index (χ4v) is 1.60. The number of hydrogen-bond acceptors (Lipinski definition) is 3. The van der Waals surface area contributed by atoms with Gasteiger partial charge in [0.15, 0.2) is 0 Å². The Morgan fingerprint density at radius 3 is 2.50 bits per heavy atom. The van der Waals surface area contributed by atoms with Gasteiger partial charge in [-0.2, -0.15) is 0 Å². The van der Waals surface area contributed by atoms with E-state index in [1.165, 1.54) is 11.1 Å². The monoisotopic (exact) mass is 249 g/mol. The van der Waals surface area contributed by atoms with Crippen molar-refractivity contribution in [2.24, 2.45) is 16.3 Å². The molecule has 4 nitrogen and oxygen atoms in total. The van der Waals surface area contributed by atoms with Crippen molar-refractivity contribution >= 4 is 5.84 Å². The van der Waals surface area contributed by atoms with Gasteiger partial charge < -0.3 is 16.3 Å². The van der Waals surface area contributed by atoms with Gasteiger partial charge in [-0.25, -0.2) is 0 Å². The number of oxime groups is 1. The fourth-order valence-electron chi connectivity index (χ4n) is 1.60. The van der Waals surface area contributed by atoms with Crippen molar-refractivity contribution < 1.29 is 5.21 Å². The maximum Gasteiger partial charge on any atom is 0.144 e. The summed E-state index contributed by atoms with van der Waals surface area (Å²) in [5.41, 5.74) is 7.89. The van der Waals surface area contributed by atoms with Crippen LogP contribution >= 0.6 is 0 Å². The van der Waals surface area contributed by atoms with Crippen LogP contribution in [0.25, 0.3) is 0 Å². The summed E-state index contributed by atoms with van der Waals surface area (Å²) in [5, 5.41) is 15.1. The molecule has 0 atom stereocenters. The molecule has 0 aliphatic rings. The van der Waals surface area contributed by atoms with Crippen LogP contribution in [-0.4, -0.2) is 17.6 Å². The molecule has 1 aromatic carbocycles. The van der Waals surface area contributed by atoms with Crippen LogP contribution in [0.2, 0.25) is 0 Å². The van der Waals surface area contributed by atoms with E-state index in [-0.39, 0.29) is 11.3 Å². The van der Waals surface area contributed by atoms with Crippen molar-refractivity contribution in [2.75, 3.05) is 6.54 Å². The highest BCUT2D eigenvalue weighted by Gasteiger charge is 2.22. The molecule has 1 aromatic rings. The Kier molecular flexibility index (Phi) is 5.16. The molecule has 0 bridgehead atoms. The molecule has 100 valence electrons. The van der Waals surface area contributed by atoms with E-state index in [2.05, 4.69) is 41.7 Å². The van der Waals surface area contributed by atoms with Gasteiger partial charge >= 0.3 is 0 Å². The molecule has 0 unspecified atom stereocenters. The second-order valence-corrected chi connectivity index (χ2v) is 5.28. The molecular formula is C14H23N3O. The van der Waals surface area contributed by atoms with Gasteiger partial charge in [0.25, 0.3) is 0 Å². The van der Waals surface area contributed by atoms with Gasteiger partial charge in [0.1, 0.15) is 5.84 Å². The Hall–Kier alpha value is -1.55. The van der Waals surface area contributed by atoms with E-state index in [0.717, 1.165) is 19.5 Å². The largest absolute Gasteiger partial charge is 0.409 e. The van der Waals surface area contributed by atoms with Gasteiger partial charge in [-0.3, -0.25) is 0 Å². The van der Waals surface area contributed by atoms with E-state index in [1.54, 1.807) is 0 Å². The first-order valence-electron chi connectivity index (χ1n) is 6.20. The van der Waals surface area contributed by atoms with E-state index >= 15 is 0 Å². The molecule has 4 N–H and O–H groups in total. The molecular weight excluding hydrogens is 226 g/mol. The zero-order valence-electron chi connectivity index (χ0n) is 11.4. The predicted octanol–water partition coefficient (Wildman–Crippen LogP) is 2.25. The molecule has 0 fully saturated rings. The number of nitrogens with zero attached hydrogens (tertiary/aromatic N) is 1. The minimum Gasteiger partial charge on any atom is -0.409 e. The third-order valence-corrected chi connectivity index (χ3v) is 3.18. The Bertz CT molecular complexity index is 396. The van der Waals surface area contributed by atoms with Crippen LogP contribution < -0.4 is 11.1 Å². The molecule has 0 radical (unpaired) electrons. The molecule has 0 spiro atoms. The van der Waals surface area contributed by atoms with Gasteiger partial charge in [0, 0.05) is 12.0 Å². The summed E-state index contributed by atoms with van der Waals surface area (Å²) in [5.74, 6) is 0.277.